The minimum absolute atomic E-state index is 0.119. The summed E-state index contributed by atoms with van der Waals surface area (Å²) in [6.45, 7) is 6.47. The molecule has 63 heavy (non-hydrogen) atoms. The van der Waals surface area contributed by atoms with Crippen LogP contribution in [0, 0.1) is 0 Å². The summed E-state index contributed by atoms with van der Waals surface area (Å²) in [5.74, 6) is -1.05. The Balaban J connectivity index is 4.56. The van der Waals surface area contributed by atoms with E-state index in [0.29, 0.717) is 25.7 Å². The maximum atomic E-state index is 12.8. The van der Waals surface area contributed by atoms with Crippen LogP contribution in [-0.2, 0) is 28.6 Å². The van der Waals surface area contributed by atoms with Gasteiger partial charge in [-0.2, -0.15) is 0 Å². The van der Waals surface area contributed by atoms with Gasteiger partial charge in [0.1, 0.15) is 13.2 Å². The van der Waals surface area contributed by atoms with Crippen molar-refractivity contribution in [2.24, 2.45) is 0 Å². The van der Waals surface area contributed by atoms with Gasteiger partial charge in [-0.05, 0) is 96.3 Å². The van der Waals surface area contributed by atoms with Crippen LogP contribution in [0.3, 0.4) is 0 Å². The summed E-state index contributed by atoms with van der Waals surface area (Å²) in [4.78, 5) is 37.9. The third-order valence-corrected chi connectivity index (χ3v) is 10.6. The van der Waals surface area contributed by atoms with Crippen LogP contribution in [0.25, 0.3) is 0 Å². The van der Waals surface area contributed by atoms with Crippen molar-refractivity contribution in [1.82, 2.24) is 0 Å². The van der Waals surface area contributed by atoms with E-state index in [-0.39, 0.29) is 31.6 Å². The van der Waals surface area contributed by atoms with Crippen LogP contribution in [0.1, 0.15) is 226 Å². The highest BCUT2D eigenvalue weighted by atomic mass is 16.6. The van der Waals surface area contributed by atoms with Gasteiger partial charge in [0, 0.05) is 19.3 Å². The zero-order valence-corrected chi connectivity index (χ0v) is 40.8. The maximum absolute atomic E-state index is 12.8. The first kappa shape index (κ1) is 59.3. The number of rotatable bonds is 45. The average Bonchev–Trinajstić information content (AvgIpc) is 3.28. The quantitative estimate of drug-likeness (QED) is 0.0262. The van der Waals surface area contributed by atoms with Crippen LogP contribution >= 0.6 is 0 Å². The first-order valence-electron chi connectivity index (χ1n) is 25.7. The smallest absolute Gasteiger partial charge is 0.306 e. The van der Waals surface area contributed by atoms with Crippen LogP contribution in [0.5, 0.6) is 0 Å². The Kier molecular flexibility index (Phi) is 48.0. The number of carbonyl (C=O) groups excluding carboxylic acids is 3. The van der Waals surface area contributed by atoms with E-state index in [9.17, 15) is 14.4 Å². The van der Waals surface area contributed by atoms with E-state index in [1.807, 2.05) is 12.2 Å². The normalized spacial score (nSPS) is 12.9. The number of hydrogen-bond donors (Lipinski definition) is 0. The van der Waals surface area contributed by atoms with E-state index in [2.05, 4.69) is 106 Å². The summed E-state index contributed by atoms with van der Waals surface area (Å²) >= 11 is 0. The Bertz CT molecular complexity index is 1280. The van der Waals surface area contributed by atoms with Crippen molar-refractivity contribution in [3.8, 4) is 0 Å². The van der Waals surface area contributed by atoms with E-state index >= 15 is 0 Å². The lowest BCUT2D eigenvalue weighted by Gasteiger charge is -2.18. The molecule has 0 amide bonds. The molecule has 0 aromatic rings. The highest BCUT2D eigenvalue weighted by Crippen LogP contribution is 2.13. The molecular weight excluding hydrogens is 781 g/mol. The Labute approximate surface area is 387 Å². The van der Waals surface area contributed by atoms with Gasteiger partial charge in [0.25, 0.3) is 0 Å². The third kappa shape index (κ3) is 49.2. The minimum atomic E-state index is -0.831. The fourth-order valence-corrected chi connectivity index (χ4v) is 6.67. The van der Waals surface area contributed by atoms with E-state index < -0.39 is 12.1 Å². The molecule has 0 saturated heterocycles. The molecule has 0 aliphatic heterocycles. The lowest BCUT2D eigenvalue weighted by Crippen LogP contribution is -2.30. The highest BCUT2D eigenvalue weighted by Gasteiger charge is 2.19. The molecule has 0 heterocycles. The Hall–Kier alpha value is -3.67. The van der Waals surface area contributed by atoms with Crippen molar-refractivity contribution in [2.45, 2.75) is 232 Å². The zero-order chi connectivity index (χ0) is 45.8. The van der Waals surface area contributed by atoms with Gasteiger partial charge in [-0.1, -0.05) is 208 Å². The monoisotopic (exact) mass is 875 g/mol. The van der Waals surface area contributed by atoms with Crippen LogP contribution in [0.2, 0.25) is 0 Å². The largest absolute Gasteiger partial charge is 0.462 e. The van der Waals surface area contributed by atoms with Crippen LogP contribution in [0.4, 0.5) is 0 Å². The number of unbranched alkanes of at least 4 members (excludes halogenated alkanes) is 18. The molecule has 0 bridgehead atoms. The van der Waals surface area contributed by atoms with Crippen molar-refractivity contribution < 1.29 is 28.6 Å². The predicted octanol–water partition coefficient (Wildman–Crippen LogP) is 17.0. The predicted molar refractivity (Wildman–Crippen MR) is 270 cm³/mol. The molecular formula is C57H94O6. The van der Waals surface area contributed by atoms with Gasteiger partial charge in [-0.25, -0.2) is 0 Å². The number of hydrogen-bond acceptors (Lipinski definition) is 6. The van der Waals surface area contributed by atoms with Gasteiger partial charge in [-0.3, -0.25) is 14.4 Å². The van der Waals surface area contributed by atoms with Gasteiger partial charge in [-0.15, -0.1) is 0 Å². The Morgan fingerprint density at radius 3 is 0.984 bits per heavy atom. The summed E-state index contributed by atoms with van der Waals surface area (Å²) < 4.78 is 16.7. The molecule has 0 fully saturated rings. The molecule has 1 atom stereocenters. The second kappa shape index (κ2) is 51.0. The Morgan fingerprint density at radius 1 is 0.317 bits per heavy atom. The molecule has 0 aromatic heterocycles. The van der Waals surface area contributed by atoms with E-state index in [4.69, 9.17) is 14.2 Å². The van der Waals surface area contributed by atoms with Gasteiger partial charge in [0.2, 0.25) is 0 Å². The SMILES string of the molecule is CCCCC/C=C\C/C=C\C/C=C\C/C=C\C/C=C\CCC(=O)O[C@H](COC(=O)CCCC/C=C\C/C=C\C/C=C\CCCCC)COC(=O)CCCCCCCCCCCCC. The fraction of sp³-hybridized carbons (Fsp3) is 0.667. The third-order valence-electron chi connectivity index (χ3n) is 10.6. The summed E-state index contributed by atoms with van der Waals surface area (Å²) in [5.41, 5.74) is 0. The van der Waals surface area contributed by atoms with Crippen LogP contribution in [-0.4, -0.2) is 37.2 Å². The fourth-order valence-electron chi connectivity index (χ4n) is 6.67. The number of allylic oxidation sites excluding steroid dienone is 16. The highest BCUT2D eigenvalue weighted by molar-refractivity contribution is 5.71. The van der Waals surface area contributed by atoms with Crippen molar-refractivity contribution in [1.29, 1.82) is 0 Å². The number of carbonyl (C=O) groups is 3. The molecule has 6 heteroatoms. The average molecular weight is 875 g/mol. The Morgan fingerprint density at radius 2 is 0.603 bits per heavy atom. The number of esters is 3. The molecule has 0 saturated carbocycles. The first-order valence-corrected chi connectivity index (χ1v) is 25.7. The summed E-state index contributed by atoms with van der Waals surface area (Å²) in [7, 11) is 0. The molecule has 0 rings (SSSR count). The molecule has 0 aliphatic rings. The lowest BCUT2D eigenvalue weighted by molar-refractivity contribution is -0.166. The van der Waals surface area contributed by atoms with Crippen molar-refractivity contribution in [2.75, 3.05) is 13.2 Å². The zero-order valence-electron chi connectivity index (χ0n) is 40.8. The lowest BCUT2D eigenvalue weighted by atomic mass is 10.1. The van der Waals surface area contributed by atoms with Gasteiger partial charge in [0.05, 0.1) is 0 Å². The molecule has 0 N–H and O–H groups in total. The standard InChI is InChI=1S/C57H94O6/c1-4-7-10-13-16-19-22-24-26-27-28-29-31-33-36-39-42-45-48-51-57(60)63-54(52-61-55(58)49-46-43-40-37-34-21-18-15-12-9-6-3)53-62-56(59)50-47-44-41-38-35-32-30-25-23-20-17-14-11-8-5-2/h16-17,19-20,24-26,28-30,33,35-36,38,42,45,54H,4-15,18,21-23,27,31-32,34,37,39-41,43-44,46-53H2,1-3H3/b19-16-,20-17-,26-24-,29-28-,30-25-,36-33-,38-35-,45-42-/t54-/m0/s1. The molecule has 358 valence electrons. The second-order valence-corrected chi connectivity index (χ2v) is 16.7. The van der Waals surface area contributed by atoms with Crippen LogP contribution < -0.4 is 0 Å². The van der Waals surface area contributed by atoms with Crippen LogP contribution in [0.15, 0.2) is 97.2 Å². The van der Waals surface area contributed by atoms with E-state index in [1.165, 1.54) is 103 Å². The van der Waals surface area contributed by atoms with Crippen molar-refractivity contribution >= 4 is 17.9 Å². The maximum Gasteiger partial charge on any atom is 0.306 e. The molecule has 6 nitrogen and oxygen atoms in total. The molecule has 0 radical (unpaired) electrons. The summed E-state index contributed by atoms with van der Waals surface area (Å²) in [5, 5.41) is 0. The van der Waals surface area contributed by atoms with Crippen molar-refractivity contribution in [3.05, 3.63) is 97.2 Å². The van der Waals surface area contributed by atoms with Gasteiger partial charge in [0.15, 0.2) is 6.10 Å². The summed E-state index contributed by atoms with van der Waals surface area (Å²) in [6, 6.07) is 0. The second-order valence-electron chi connectivity index (χ2n) is 16.7. The van der Waals surface area contributed by atoms with Crippen molar-refractivity contribution in [3.63, 3.8) is 0 Å². The minimum Gasteiger partial charge on any atom is -0.462 e. The van der Waals surface area contributed by atoms with Gasteiger partial charge >= 0.3 is 17.9 Å². The molecule has 0 aliphatic carbocycles. The van der Waals surface area contributed by atoms with Gasteiger partial charge < -0.3 is 14.2 Å². The van der Waals surface area contributed by atoms with E-state index in [1.54, 1.807) is 0 Å². The molecule has 0 unspecified atom stereocenters. The topological polar surface area (TPSA) is 78.9 Å². The summed E-state index contributed by atoms with van der Waals surface area (Å²) in [6.07, 6.45) is 66.9. The first-order chi connectivity index (χ1) is 31.0. The van der Waals surface area contributed by atoms with E-state index in [0.717, 1.165) is 70.6 Å². The molecule has 0 aromatic carbocycles. The number of ether oxygens (including phenoxy) is 3. The molecule has 0 spiro atoms.